The van der Waals surface area contributed by atoms with Crippen LogP contribution in [0.25, 0.3) is 5.69 Å². The second kappa shape index (κ2) is 8.14. The normalized spacial score (nSPS) is 12.1. The van der Waals surface area contributed by atoms with Gasteiger partial charge in [0.25, 0.3) is 0 Å². The van der Waals surface area contributed by atoms with Crippen LogP contribution in [0.1, 0.15) is 52.9 Å². The Labute approximate surface area is 165 Å². The number of carboxylic acids is 1. The van der Waals surface area contributed by atoms with Crippen LogP contribution < -0.4 is 5.32 Å². The Kier molecular flexibility index (Phi) is 6.29. The van der Waals surface area contributed by atoms with E-state index in [-0.39, 0.29) is 17.4 Å². The van der Waals surface area contributed by atoms with Crippen LogP contribution in [0.5, 0.6) is 0 Å². The van der Waals surface area contributed by atoms with Crippen molar-refractivity contribution >= 4 is 17.6 Å². The number of aromatic nitrogens is 2. The molecule has 0 radical (unpaired) electrons. The number of nitrogens with one attached hydrogen (secondary N) is 1. The molecule has 2 N–H and O–H groups in total. The van der Waals surface area contributed by atoms with Gasteiger partial charge in [-0.15, -0.1) is 0 Å². The van der Waals surface area contributed by atoms with Crippen molar-refractivity contribution in [2.75, 3.05) is 18.5 Å². The molecule has 7 nitrogen and oxygen atoms in total. The van der Waals surface area contributed by atoms with Gasteiger partial charge in [-0.2, -0.15) is 5.10 Å². The Morgan fingerprint density at radius 2 is 1.64 bits per heavy atom. The summed E-state index contributed by atoms with van der Waals surface area (Å²) in [4.78, 5) is 22.2. The molecule has 0 saturated heterocycles. The maximum Gasteiger partial charge on any atom is 0.329 e. The van der Waals surface area contributed by atoms with Crippen molar-refractivity contribution in [1.82, 2.24) is 9.78 Å². The lowest BCUT2D eigenvalue weighted by Gasteiger charge is -2.20. The summed E-state index contributed by atoms with van der Waals surface area (Å²) >= 11 is 0. The first kappa shape index (κ1) is 21.6. The van der Waals surface area contributed by atoms with E-state index in [4.69, 9.17) is 14.9 Å². The fraction of sp³-hybridized carbons (Fsp3) is 0.476. The summed E-state index contributed by atoms with van der Waals surface area (Å²) in [6.07, 6.45) is 0. The zero-order valence-corrected chi connectivity index (χ0v) is 17.4. The smallest absolute Gasteiger partial charge is 0.329 e. The second-order valence-corrected chi connectivity index (χ2v) is 8.81. The molecule has 1 aromatic heterocycles. The number of aliphatic carboxylic acids is 1. The predicted octanol–water partition coefficient (Wildman–Crippen LogP) is 3.51. The SMILES string of the molecule is CC(C)(C)c1cc(C(C)(C)C)n(-c2ccc(NC(=O)COCC(=O)O)cc2)n1. The Hall–Kier alpha value is -2.67. The molecule has 0 aliphatic heterocycles. The standard InChI is InChI=1S/C21H29N3O4/c1-20(2,3)16-11-17(21(4,5)6)24(23-16)15-9-7-14(8-10-15)22-18(25)12-28-13-19(26)27/h7-11H,12-13H2,1-6H3,(H,22,25)(H,26,27). The van der Waals surface area contributed by atoms with Crippen LogP contribution in [0.2, 0.25) is 0 Å². The lowest BCUT2D eigenvalue weighted by molar-refractivity contribution is -0.143. The van der Waals surface area contributed by atoms with E-state index >= 15 is 0 Å². The van der Waals surface area contributed by atoms with E-state index in [0.29, 0.717) is 5.69 Å². The first-order valence-electron chi connectivity index (χ1n) is 9.19. The third kappa shape index (κ3) is 5.66. The molecule has 0 saturated carbocycles. The number of carboxylic acid groups (broad SMARTS) is 1. The van der Waals surface area contributed by atoms with Crippen LogP contribution in [0, 0.1) is 0 Å². The minimum absolute atomic E-state index is 0.0604. The van der Waals surface area contributed by atoms with Gasteiger partial charge in [-0.05, 0) is 30.3 Å². The van der Waals surface area contributed by atoms with Crippen molar-refractivity contribution in [3.8, 4) is 5.69 Å². The molecule has 0 aliphatic carbocycles. The van der Waals surface area contributed by atoms with Crippen molar-refractivity contribution in [1.29, 1.82) is 0 Å². The first-order valence-corrected chi connectivity index (χ1v) is 9.19. The van der Waals surface area contributed by atoms with Crippen molar-refractivity contribution in [2.45, 2.75) is 52.4 Å². The third-order valence-electron chi connectivity index (χ3n) is 4.10. The fourth-order valence-corrected chi connectivity index (χ4v) is 2.59. The Morgan fingerprint density at radius 3 is 2.14 bits per heavy atom. The van der Waals surface area contributed by atoms with Crippen LogP contribution in [0.15, 0.2) is 30.3 Å². The fourth-order valence-electron chi connectivity index (χ4n) is 2.59. The number of ether oxygens (including phenoxy) is 1. The summed E-state index contributed by atoms with van der Waals surface area (Å²) in [5, 5.41) is 16.0. The molecule has 1 heterocycles. The van der Waals surface area contributed by atoms with Gasteiger partial charge in [0.1, 0.15) is 13.2 Å². The van der Waals surface area contributed by atoms with Crippen molar-refractivity contribution < 1.29 is 19.4 Å². The van der Waals surface area contributed by atoms with Gasteiger partial charge in [-0.25, -0.2) is 9.48 Å². The Bertz CT molecular complexity index is 840. The molecule has 0 bridgehead atoms. The molecule has 2 aromatic rings. The van der Waals surface area contributed by atoms with Gasteiger partial charge in [0.2, 0.25) is 5.91 Å². The van der Waals surface area contributed by atoms with E-state index in [0.717, 1.165) is 17.1 Å². The highest BCUT2D eigenvalue weighted by Crippen LogP contribution is 2.30. The summed E-state index contributed by atoms with van der Waals surface area (Å²) in [5.41, 5.74) is 3.50. The number of nitrogens with zero attached hydrogens (tertiary/aromatic N) is 2. The van der Waals surface area contributed by atoms with Gasteiger partial charge in [0, 0.05) is 22.2 Å². The predicted molar refractivity (Wildman–Crippen MR) is 108 cm³/mol. The molecule has 1 amide bonds. The summed E-state index contributed by atoms with van der Waals surface area (Å²) in [6.45, 7) is 12.1. The number of benzene rings is 1. The summed E-state index contributed by atoms with van der Waals surface area (Å²) in [5.74, 6) is -1.51. The summed E-state index contributed by atoms with van der Waals surface area (Å²) < 4.78 is 6.73. The van der Waals surface area contributed by atoms with Gasteiger partial charge in [-0.1, -0.05) is 41.5 Å². The molecular weight excluding hydrogens is 358 g/mol. The first-order chi connectivity index (χ1) is 12.9. The summed E-state index contributed by atoms with van der Waals surface area (Å²) in [7, 11) is 0. The molecule has 0 aliphatic rings. The number of hydrogen-bond acceptors (Lipinski definition) is 4. The molecule has 152 valence electrons. The monoisotopic (exact) mass is 387 g/mol. The topological polar surface area (TPSA) is 93.5 Å². The third-order valence-corrected chi connectivity index (χ3v) is 4.10. The highest BCUT2D eigenvalue weighted by molar-refractivity contribution is 5.91. The van der Waals surface area contributed by atoms with Gasteiger partial charge in [0.05, 0.1) is 11.4 Å². The van der Waals surface area contributed by atoms with Crippen LogP contribution in [0.3, 0.4) is 0 Å². The second-order valence-electron chi connectivity index (χ2n) is 8.81. The van der Waals surface area contributed by atoms with Gasteiger partial charge < -0.3 is 15.2 Å². The largest absolute Gasteiger partial charge is 0.480 e. The molecule has 2 rings (SSSR count). The Morgan fingerprint density at radius 1 is 1.04 bits per heavy atom. The van der Waals surface area contributed by atoms with Gasteiger partial charge >= 0.3 is 5.97 Å². The summed E-state index contributed by atoms with van der Waals surface area (Å²) in [6, 6.07) is 9.50. The number of anilines is 1. The molecule has 1 aromatic carbocycles. The quantitative estimate of drug-likeness (QED) is 0.791. The molecule has 28 heavy (non-hydrogen) atoms. The van der Waals surface area contributed by atoms with Crippen molar-refractivity contribution in [2.24, 2.45) is 0 Å². The lowest BCUT2D eigenvalue weighted by atomic mass is 9.88. The zero-order valence-electron chi connectivity index (χ0n) is 17.4. The van der Waals surface area contributed by atoms with E-state index < -0.39 is 18.5 Å². The minimum Gasteiger partial charge on any atom is -0.480 e. The van der Waals surface area contributed by atoms with Crippen LogP contribution in [-0.4, -0.2) is 40.0 Å². The number of carbonyl (C=O) groups is 2. The van der Waals surface area contributed by atoms with Crippen molar-refractivity contribution in [3.05, 3.63) is 41.7 Å². The van der Waals surface area contributed by atoms with Crippen LogP contribution in [0.4, 0.5) is 5.69 Å². The van der Waals surface area contributed by atoms with E-state index in [2.05, 4.69) is 52.9 Å². The maximum atomic E-state index is 11.8. The molecule has 7 heteroatoms. The molecule has 0 atom stereocenters. The van der Waals surface area contributed by atoms with E-state index in [1.54, 1.807) is 12.1 Å². The highest BCUT2D eigenvalue weighted by atomic mass is 16.5. The Balaban J connectivity index is 2.20. The van der Waals surface area contributed by atoms with E-state index in [1.165, 1.54) is 0 Å². The average Bonchev–Trinajstić information content (AvgIpc) is 3.01. The number of rotatable bonds is 6. The highest BCUT2D eigenvalue weighted by Gasteiger charge is 2.26. The number of hydrogen-bond donors (Lipinski definition) is 2. The number of amides is 1. The lowest BCUT2D eigenvalue weighted by Crippen LogP contribution is -2.20. The molecule has 0 fully saturated rings. The molecule has 0 unspecified atom stereocenters. The van der Waals surface area contributed by atoms with Gasteiger partial charge in [-0.3, -0.25) is 4.79 Å². The number of carbonyl (C=O) groups excluding carboxylic acids is 1. The average molecular weight is 387 g/mol. The van der Waals surface area contributed by atoms with Crippen molar-refractivity contribution in [3.63, 3.8) is 0 Å². The van der Waals surface area contributed by atoms with Crippen LogP contribution >= 0.6 is 0 Å². The van der Waals surface area contributed by atoms with Crippen LogP contribution in [-0.2, 0) is 25.2 Å². The minimum atomic E-state index is -1.11. The maximum absolute atomic E-state index is 11.8. The van der Waals surface area contributed by atoms with E-state index in [1.807, 2.05) is 16.8 Å². The molecule has 0 spiro atoms. The van der Waals surface area contributed by atoms with E-state index in [9.17, 15) is 9.59 Å². The molecular formula is C21H29N3O4. The zero-order chi connectivity index (χ0) is 21.1. The van der Waals surface area contributed by atoms with Gasteiger partial charge in [0.15, 0.2) is 0 Å².